The Morgan fingerprint density at radius 2 is 2.00 bits per heavy atom. The van der Waals surface area contributed by atoms with Gasteiger partial charge in [-0.1, -0.05) is 13.0 Å². The summed E-state index contributed by atoms with van der Waals surface area (Å²) in [5.74, 6) is 1.67. The van der Waals surface area contributed by atoms with Crippen molar-refractivity contribution >= 4 is 5.91 Å². The first-order chi connectivity index (χ1) is 12.6. The number of carbonyl (C=O) groups excluding carboxylic acids is 1. The van der Waals surface area contributed by atoms with E-state index in [0.29, 0.717) is 35.4 Å². The lowest BCUT2D eigenvalue weighted by molar-refractivity contribution is -0.142. The van der Waals surface area contributed by atoms with Gasteiger partial charge in [0.05, 0.1) is 14.2 Å². The maximum absolute atomic E-state index is 13.0. The van der Waals surface area contributed by atoms with Crippen LogP contribution in [0.1, 0.15) is 32.6 Å². The third-order valence-corrected chi connectivity index (χ3v) is 6.49. The lowest BCUT2D eigenvalue weighted by Crippen LogP contribution is -2.58. The molecule has 0 unspecified atom stereocenters. The zero-order valence-electron chi connectivity index (χ0n) is 15.8. The molecule has 1 saturated carbocycles. The molecule has 6 nitrogen and oxygen atoms in total. The summed E-state index contributed by atoms with van der Waals surface area (Å²) in [6.07, 6.45) is 4.66. The normalized spacial score (nSPS) is 32.3. The summed E-state index contributed by atoms with van der Waals surface area (Å²) in [5, 5.41) is 3.75. The van der Waals surface area contributed by atoms with Crippen LogP contribution in [0.25, 0.3) is 0 Å². The van der Waals surface area contributed by atoms with Crippen molar-refractivity contribution in [1.29, 1.82) is 0 Å². The third kappa shape index (κ3) is 2.71. The average Bonchev–Trinajstić information content (AvgIpc) is 2.99. The van der Waals surface area contributed by atoms with Gasteiger partial charge in [0, 0.05) is 30.1 Å². The van der Waals surface area contributed by atoms with Crippen molar-refractivity contribution in [2.45, 2.75) is 50.7 Å². The number of ether oxygens (including phenoxy) is 3. The molecule has 2 aliphatic heterocycles. The average molecular weight is 360 g/mol. The number of hydrogen-bond donors (Lipinski definition) is 1. The Balaban J connectivity index is 1.50. The molecular weight excluding hydrogens is 332 g/mol. The minimum absolute atomic E-state index is 0.000694. The number of rotatable bonds is 5. The highest BCUT2D eigenvalue weighted by molar-refractivity contribution is 5.79. The van der Waals surface area contributed by atoms with Crippen LogP contribution in [0.2, 0.25) is 0 Å². The van der Waals surface area contributed by atoms with E-state index in [0.717, 1.165) is 13.0 Å². The predicted octanol–water partition coefficient (Wildman–Crippen LogP) is 2.21. The van der Waals surface area contributed by atoms with Gasteiger partial charge in [-0.2, -0.15) is 0 Å². The maximum atomic E-state index is 13.0. The Morgan fingerprint density at radius 1 is 1.27 bits per heavy atom. The van der Waals surface area contributed by atoms with Crippen molar-refractivity contribution in [1.82, 2.24) is 10.2 Å². The van der Waals surface area contributed by atoms with Gasteiger partial charge in [0.15, 0.2) is 18.1 Å². The summed E-state index contributed by atoms with van der Waals surface area (Å²) in [6, 6.07) is 6.70. The number of nitrogens with zero attached hydrogens (tertiary/aromatic N) is 1. The lowest BCUT2D eigenvalue weighted by Gasteiger charge is -2.50. The molecule has 1 aliphatic carbocycles. The summed E-state index contributed by atoms with van der Waals surface area (Å²) in [4.78, 5) is 15.1. The van der Waals surface area contributed by atoms with Crippen LogP contribution in [0.4, 0.5) is 0 Å². The number of piperidine rings is 1. The second-order valence-electron chi connectivity index (χ2n) is 7.90. The first kappa shape index (κ1) is 17.5. The largest absolute Gasteiger partial charge is 0.493 e. The molecule has 4 atom stereocenters. The number of fused-ring (bicyclic) bond motifs is 1. The number of para-hydroxylation sites is 1. The number of carbonyl (C=O) groups is 1. The molecule has 0 radical (unpaired) electrons. The maximum Gasteiger partial charge on any atom is 0.260 e. The summed E-state index contributed by atoms with van der Waals surface area (Å²) in [6.45, 7) is 3.13. The fraction of sp³-hybridized carbons (Fsp3) is 0.650. The molecule has 3 fully saturated rings. The molecule has 3 aliphatic rings. The molecular formula is C20H28N2O4. The molecule has 1 aromatic carbocycles. The Bertz CT molecular complexity index is 672. The summed E-state index contributed by atoms with van der Waals surface area (Å²) >= 11 is 0. The third-order valence-electron chi connectivity index (χ3n) is 6.49. The quantitative estimate of drug-likeness (QED) is 0.872. The minimum Gasteiger partial charge on any atom is -0.493 e. The van der Waals surface area contributed by atoms with E-state index in [9.17, 15) is 4.79 Å². The molecule has 2 saturated heterocycles. The monoisotopic (exact) mass is 360 g/mol. The van der Waals surface area contributed by atoms with E-state index in [1.807, 2.05) is 6.07 Å². The van der Waals surface area contributed by atoms with E-state index in [2.05, 4.69) is 17.1 Å². The minimum atomic E-state index is 0.000694. The van der Waals surface area contributed by atoms with Crippen LogP contribution in [0, 0.1) is 5.41 Å². The number of methoxy groups -OCH3 is 2. The van der Waals surface area contributed by atoms with Gasteiger partial charge in [-0.3, -0.25) is 4.79 Å². The van der Waals surface area contributed by atoms with Crippen molar-refractivity contribution in [3.05, 3.63) is 18.2 Å². The standard InChI is InChI=1S/C20H28N2O4/c1-20-10-13-11-22(17(20)9-5-8-16(20)21-13)18(23)12-26-19-14(24-2)6-4-7-15(19)25-3/h4,6-7,13,16-17,21H,5,8-12H2,1-3H3/t13-,16-,17+,20-/m0/s1. The Morgan fingerprint density at radius 3 is 2.69 bits per heavy atom. The van der Waals surface area contributed by atoms with Crippen LogP contribution in [0.5, 0.6) is 17.2 Å². The number of benzene rings is 1. The second kappa shape index (κ2) is 6.65. The predicted molar refractivity (Wildman–Crippen MR) is 97.8 cm³/mol. The molecule has 2 heterocycles. The number of hydrogen-bond acceptors (Lipinski definition) is 5. The number of likely N-dealkylation sites (tertiary alicyclic amines) is 1. The van der Waals surface area contributed by atoms with Crippen LogP contribution in [-0.4, -0.2) is 56.3 Å². The molecule has 0 aromatic heterocycles. The highest BCUT2D eigenvalue weighted by Crippen LogP contribution is 2.50. The Hall–Kier alpha value is -1.95. The van der Waals surface area contributed by atoms with E-state index < -0.39 is 0 Å². The van der Waals surface area contributed by atoms with Gasteiger partial charge < -0.3 is 24.4 Å². The highest BCUT2D eigenvalue weighted by atomic mass is 16.5. The lowest BCUT2D eigenvalue weighted by atomic mass is 9.66. The summed E-state index contributed by atoms with van der Waals surface area (Å²) < 4.78 is 16.6. The molecule has 4 rings (SSSR count). The van der Waals surface area contributed by atoms with Gasteiger partial charge in [0.1, 0.15) is 0 Å². The van der Waals surface area contributed by atoms with Gasteiger partial charge in [-0.15, -0.1) is 0 Å². The zero-order valence-corrected chi connectivity index (χ0v) is 15.8. The molecule has 26 heavy (non-hydrogen) atoms. The van der Waals surface area contributed by atoms with Crippen LogP contribution >= 0.6 is 0 Å². The zero-order chi connectivity index (χ0) is 18.3. The van der Waals surface area contributed by atoms with E-state index in [-0.39, 0.29) is 17.9 Å². The molecule has 6 heteroatoms. The summed E-state index contributed by atoms with van der Waals surface area (Å²) in [5.41, 5.74) is 0.193. The summed E-state index contributed by atoms with van der Waals surface area (Å²) in [7, 11) is 3.17. The van der Waals surface area contributed by atoms with Crippen LogP contribution in [-0.2, 0) is 4.79 Å². The van der Waals surface area contributed by atoms with E-state index in [1.54, 1.807) is 26.4 Å². The van der Waals surface area contributed by atoms with E-state index in [1.165, 1.54) is 19.3 Å². The second-order valence-corrected chi connectivity index (χ2v) is 7.90. The molecule has 1 aromatic rings. The SMILES string of the molecule is COc1cccc(OC)c1OCC(=O)N1C[C@@H]2C[C@@]3(C)[C@H](CCC[C@@H]13)N2. The fourth-order valence-electron chi connectivity index (χ4n) is 5.28. The molecule has 0 spiro atoms. The van der Waals surface area contributed by atoms with Crippen LogP contribution in [0.15, 0.2) is 18.2 Å². The number of nitrogens with one attached hydrogen (secondary N) is 1. The van der Waals surface area contributed by atoms with Gasteiger partial charge in [0.2, 0.25) is 5.75 Å². The Labute approximate surface area is 154 Å². The molecule has 2 bridgehead atoms. The van der Waals surface area contributed by atoms with Crippen molar-refractivity contribution in [3.8, 4) is 17.2 Å². The van der Waals surface area contributed by atoms with E-state index in [4.69, 9.17) is 14.2 Å². The van der Waals surface area contributed by atoms with Crippen molar-refractivity contribution in [3.63, 3.8) is 0 Å². The van der Waals surface area contributed by atoms with Crippen LogP contribution < -0.4 is 19.5 Å². The topological polar surface area (TPSA) is 60.0 Å². The Kier molecular flexibility index (Phi) is 4.47. The van der Waals surface area contributed by atoms with Gasteiger partial charge in [0.25, 0.3) is 5.91 Å². The highest BCUT2D eigenvalue weighted by Gasteiger charge is 2.56. The van der Waals surface area contributed by atoms with Crippen molar-refractivity contribution < 1.29 is 19.0 Å². The molecule has 142 valence electrons. The molecule has 1 N–H and O–H groups in total. The fourth-order valence-corrected chi connectivity index (χ4v) is 5.28. The van der Waals surface area contributed by atoms with Gasteiger partial charge in [-0.05, 0) is 37.8 Å². The first-order valence-corrected chi connectivity index (χ1v) is 9.46. The van der Waals surface area contributed by atoms with Crippen molar-refractivity contribution in [2.75, 3.05) is 27.4 Å². The van der Waals surface area contributed by atoms with Gasteiger partial charge >= 0.3 is 0 Å². The van der Waals surface area contributed by atoms with E-state index >= 15 is 0 Å². The smallest absolute Gasteiger partial charge is 0.260 e. The first-order valence-electron chi connectivity index (χ1n) is 9.46. The van der Waals surface area contributed by atoms with Crippen molar-refractivity contribution in [2.24, 2.45) is 5.41 Å². The molecule has 1 amide bonds. The van der Waals surface area contributed by atoms with Crippen LogP contribution in [0.3, 0.4) is 0 Å². The van der Waals surface area contributed by atoms with Gasteiger partial charge in [-0.25, -0.2) is 0 Å². The number of amides is 1.